The fourth-order valence-electron chi connectivity index (χ4n) is 4.54. The van der Waals surface area contributed by atoms with Crippen LogP contribution in [0.1, 0.15) is 46.9 Å². The summed E-state index contributed by atoms with van der Waals surface area (Å²) in [5.74, 6) is 0.758. The number of hydrogen-bond donors (Lipinski definition) is 0. The highest BCUT2D eigenvalue weighted by Crippen LogP contribution is 2.28. The minimum Gasteiger partial charge on any atom is -0.417 e. The van der Waals surface area contributed by atoms with Gasteiger partial charge in [0.15, 0.2) is 0 Å². The normalized spacial score (nSPS) is 11.3. The van der Waals surface area contributed by atoms with Crippen LogP contribution in [0.15, 0.2) is 121 Å². The highest BCUT2D eigenvalue weighted by Gasteiger charge is 2.15. The summed E-state index contributed by atoms with van der Waals surface area (Å²) in [6.07, 6.45) is 2.00. The van der Waals surface area contributed by atoms with Gasteiger partial charge in [-0.2, -0.15) is 0 Å². The summed E-state index contributed by atoms with van der Waals surface area (Å²) in [6.45, 7) is 1.57. The molecule has 0 aliphatic rings. The predicted octanol–water partition coefficient (Wildman–Crippen LogP) is 7.54. The summed E-state index contributed by atoms with van der Waals surface area (Å²) in [7, 11) is 1.07. The van der Waals surface area contributed by atoms with Crippen molar-refractivity contribution in [2.45, 2.75) is 36.8 Å². The maximum atomic E-state index is 6.04. The van der Waals surface area contributed by atoms with Gasteiger partial charge >= 0.3 is 0 Å². The van der Waals surface area contributed by atoms with E-state index in [9.17, 15) is 0 Å². The van der Waals surface area contributed by atoms with Gasteiger partial charge in [-0.1, -0.05) is 121 Å². The van der Waals surface area contributed by atoms with Crippen LogP contribution in [0.25, 0.3) is 0 Å². The summed E-state index contributed by atoms with van der Waals surface area (Å²) in [6, 6.07) is 45.2. The third kappa shape index (κ3) is 8.42. The molecule has 4 rings (SSSR count). The van der Waals surface area contributed by atoms with Crippen LogP contribution in [0, 0.1) is 0 Å². The lowest BCUT2D eigenvalue weighted by atomic mass is 9.89. The van der Waals surface area contributed by atoms with Gasteiger partial charge in [0, 0.05) is 25.0 Å². The molecule has 4 aromatic carbocycles. The molecule has 0 unspecified atom stereocenters. The second kappa shape index (κ2) is 15.4. The average molecular weight is 507 g/mol. The fraction of sp³-hybridized carbons (Fsp3) is 0.250. The highest BCUT2D eigenvalue weighted by atomic mass is 28.2. The standard InChI is InChI=1S/C32H34O2Si2/c1-5-13-27(14-6-1)31(28-15-7-2-8-16-28)21-23-33-35-25-26-36-34-24-22-32(29-17-9-3-10-18-29)30-19-11-4-12-20-30/h1-20,31-32H,21-26H2. The summed E-state index contributed by atoms with van der Waals surface area (Å²) >= 11 is 0. The molecular formula is C32H34O2Si2. The van der Waals surface area contributed by atoms with Crippen molar-refractivity contribution in [3.05, 3.63) is 144 Å². The molecule has 4 heteroatoms. The first kappa shape index (κ1) is 26.3. The van der Waals surface area contributed by atoms with Crippen molar-refractivity contribution >= 4 is 19.5 Å². The molecule has 0 N–H and O–H groups in total. The first-order valence-electron chi connectivity index (χ1n) is 12.8. The molecule has 0 aliphatic carbocycles. The first-order chi connectivity index (χ1) is 17.9. The van der Waals surface area contributed by atoms with Gasteiger partial charge in [-0.25, -0.2) is 0 Å². The third-order valence-electron chi connectivity index (χ3n) is 6.36. The maximum absolute atomic E-state index is 6.04. The molecule has 4 aromatic rings. The summed E-state index contributed by atoms with van der Waals surface area (Å²) in [5, 5.41) is 0. The molecule has 0 saturated heterocycles. The molecule has 36 heavy (non-hydrogen) atoms. The van der Waals surface area contributed by atoms with Crippen molar-refractivity contribution in [3.63, 3.8) is 0 Å². The molecule has 0 amide bonds. The Morgan fingerprint density at radius 3 is 0.972 bits per heavy atom. The number of benzene rings is 4. The molecule has 0 fully saturated rings. The zero-order chi connectivity index (χ0) is 24.7. The van der Waals surface area contributed by atoms with Gasteiger partial charge in [0.2, 0.25) is 19.5 Å². The van der Waals surface area contributed by atoms with Crippen molar-refractivity contribution in [3.8, 4) is 0 Å². The van der Waals surface area contributed by atoms with Crippen LogP contribution < -0.4 is 0 Å². The molecule has 182 valence electrons. The van der Waals surface area contributed by atoms with E-state index in [2.05, 4.69) is 121 Å². The zero-order valence-electron chi connectivity index (χ0n) is 20.8. The molecule has 2 nitrogen and oxygen atoms in total. The van der Waals surface area contributed by atoms with E-state index >= 15 is 0 Å². The minimum absolute atomic E-state index is 0.379. The Balaban J connectivity index is 1.13. The van der Waals surface area contributed by atoms with E-state index in [1.165, 1.54) is 22.3 Å². The lowest BCUT2D eigenvalue weighted by Crippen LogP contribution is -2.10. The second-order valence-electron chi connectivity index (χ2n) is 8.81. The van der Waals surface area contributed by atoms with Crippen molar-refractivity contribution in [1.29, 1.82) is 0 Å². The lowest BCUT2D eigenvalue weighted by Gasteiger charge is -2.18. The van der Waals surface area contributed by atoms with Gasteiger partial charge in [-0.15, -0.1) is 0 Å². The van der Waals surface area contributed by atoms with Crippen LogP contribution in [-0.2, 0) is 8.85 Å². The number of hydrogen-bond acceptors (Lipinski definition) is 2. The monoisotopic (exact) mass is 506 g/mol. The topological polar surface area (TPSA) is 18.5 Å². The SMILES string of the molecule is c1ccc(C(CCO[Si]CC[Si]OCCC(c2ccccc2)c2ccccc2)c2ccccc2)cc1. The lowest BCUT2D eigenvalue weighted by molar-refractivity contribution is 0.314. The van der Waals surface area contributed by atoms with Crippen molar-refractivity contribution in [1.82, 2.24) is 0 Å². The van der Waals surface area contributed by atoms with E-state index in [-0.39, 0.29) is 0 Å². The summed E-state index contributed by atoms with van der Waals surface area (Å²) in [4.78, 5) is 0. The molecule has 0 bridgehead atoms. The van der Waals surface area contributed by atoms with Crippen LogP contribution in [-0.4, -0.2) is 32.7 Å². The Morgan fingerprint density at radius 2 is 0.694 bits per heavy atom. The van der Waals surface area contributed by atoms with Crippen LogP contribution >= 0.6 is 0 Å². The molecule has 0 aliphatic heterocycles. The Kier molecular flexibility index (Phi) is 11.2. The zero-order valence-corrected chi connectivity index (χ0v) is 22.8. The van der Waals surface area contributed by atoms with E-state index in [0.29, 0.717) is 31.4 Å². The predicted molar refractivity (Wildman–Crippen MR) is 152 cm³/mol. The molecule has 0 aromatic heterocycles. The summed E-state index contributed by atoms with van der Waals surface area (Å²) in [5.41, 5.74) is 5.43. The van der Waals surface area contributed by atoms with Gasteiger partial charge in [0.1, 0.15) is 0 Å². The Morgan fingerprint density at radius 1 is 0.417 bits per heavy atom. The third-order valence-corrected chi connectivity index (χ3v) is 8.58. The molecule has 0 atom stereocenters. The largest absolute Gasteiger partial charge is 0.417 e. The van der Waals surface area contributed by atoms with Gasteiger partial charge in [-0.05, 0) is 47.2 Å². The Labute approximate surface area is 221 Å². The molecule has 4 radical (unpaired) electrons. The van der Waals surface area contributed by atoms with E-state index < -0.39 is 0 Å². The van der Waals surface area contributed by atoms with E-state index in [1.54, 1.807) is 0 Å². The smallest absolute Gasteiger partial charge is 0.229 e. The van der Waals surface area contributed by atoms with E-state index in [1.807, 2.05) is 0 Å². The van der Waals surface area contributed by atoms with Crippen molar-refractivity contribution in [2.24, 2.45) is 0 Å². The van der Waals surface area contributed by atoms with E-state index in [0.717, 1.165) is 38.1 Å². The minimum atomic E-state index is 0.379. The Bertz CT molecular complexity index is 922. The van der Waals surface area contributed by atoms with E-state index in [4.69, 9.17) is 8.85 Å². The maximum Gasteiger partial charge on any atom is 0.229 e. The molecule has 0 heterocycles. The van der Waals surface area contributed by atoms with Gasteiger partial charge in [0.05, 0.1) is 0 Å². The van der Waals surface area contributed by atoms with Crippen LogP contribution in [0.3, 0.4) is 0 Å². The first-order valence-corrected chi connectivity index (χ1v) is 15.0. The second-order valence-corrected chi connectivity index (χ2v) is 11.0. The van der Waals surface area contributed by atoms with Crippen LogP contribution in [0.2, 0.25) is 12.1 Å². The Hall–Kier alpha value is -2.77. The highest BCUT2D eigenvalue weighted by molar-refractivity contribution is 6.34. The fourth-order valence-corrected chi connectivity index (χ4v) is 6.17. The summed E-state index contributed by atoms with van der Waals surface area (Å²) < 4.78 is 12.1. The number of rotatable bonds is 15. The molecule has 0 saturated carbocycles. The molecular weight excluding hydrogens is 473 g/mol. The molecule has 0 spiro atoms. The van der Waals surface area contributed by atoms with Crippen molar-refractivity contribution < 1.29 is 8.85 Å². The van der Waals surface area contributed by atoms with Gasteiger partial charge in [0.25, 0.3) is 0 Å². The van der Waals surface area contributed by atoms with Crippen LogP contribution in [0.4, 0.5) is 0 Å². The quantitative estimate of drug-likeness (QED) is 0.122. The van der Waals surface area contributed by atoms with Crippen molar-refractivity contribution in [2.75, 3.05) is 13.2 Å². The van der Waals surface area contributed by atoms with Gasteiger partial charge in [-0.3, -0.25) is 0 Å². The van der Waals surface area contributed by atoms with Gasteiger partial charge < -0.3 is 8.85 Å². The average Bonchev–Trinajstić information content (AvgIpc) is 2.96. The van der Waals surface area contributed by atoms with Crippen LogP contribution in [0.5, 0.6) is 0 Å².